The van der Waals surface area contributed by atoms with Crippen LogP contribution in [0.3, 0.4) is 0 Å². The molecule has 2 aliphatic carbocycles. The molecule has 7 heteroatoms. The van der Waals surface area contributed by atoms with Gasteiger partial charge in [0.2, 0.25) is 11.8 Å². The van der Waals surface area contributed by atoms with Crippen LogP contribution >= 0.6 is 0 Å². The molecule has 1 amide bonds. The smallest absolute Gasteiger partial charge is 0.310 e. The number of alkyl halides is 2. The number of carboxylic acids is 1. The summed E-state index contributed by atoms with van der Waals surface area (Å²) in [6.07, 6.45) is 3.40. The fourth-order valence-corrected chi connectivity index (χ4v) is 6.52. The van der Waals surface area contributed by atoms with Crippen LogP contribution in [-0.4, -0.2) is 53.5 Å². The molecule has 2 atom stereocenters. The van der Waals surface area contributed by atoms with Crippen LogP contribution < -0.4 is 4.90 Å². The SMILES string of the molecule is C[C@@H](CN1CCC(CC(=O)N(c2ccccc2)[C@@H]2CCCC(F)(F)C2)(C(=O)O)CC1)c1ccc(C2CC2)cc1. The zero-order valence-corrected chi connectivity index (χ0v) is 22.8. The first kappa shape index (κ1) is 27.8. The highest BCUT2D eigenvalue weighted by Crippen LogP contribution is 2.42. The predicted molar refractivity (Wildman–Crippen MR) is 148 cm³/mol. The van der Waals surface area contributed by atoms with Gasteiger partial charge >= 0.3 is 5.97 Å². The molecule has 0 radical (unpaired) electrons. The molecule has 1 N–H and O–H groups in total. The number of anilines is 1. The number of para-hydroxylation sites is 1. The molecule has 1 heterocycles. The highest BCUT2D eigenvalue weighted by Gasteiger charge is 2.46. The van der Waals surface area contributed by atoms with Crippen LogP contribution in [0, 0.1) is 5.41 Å². The minimum atomic E-state index is -2.82. The van der Waals surface area contributed by atoms with Crippen molar-refractivity contribution in [2.75, 3.05) is 24.5 Å². The molecule has 1 aliphatic heterocycles. The summed E-state index contributed by atoms with van der Waals surface area (Å²) in [5.41, 5.74) is 2.07. The van der Waals surface area contributed by atoms with Crippen LogP contribution in [0.4, 0.5) is 14.5 Å². The van der Waals surface area contributed by atoms with Gasteiger partial charge in [0.05, 0.1) is 5.41 Å². The van der Waals surface area contributed by atoms with E-state index in [-0.39, 0.29) is 25.2 Å². The fourth-order valence-electron chi connectivity index (χ4n) is 6.52. The quantitative estimate of drug-likeness (QED) is 0.380. The Morgan fingerprint density at radius 1 is 1.00 bits per heavy atom. The van der Waals surface area contributed by atoms with Gasteiger partial charge in [-0.25, -0.2) is 8.78 Å². The summed E-state index contributed by atoms with van der Waals surface area (Å²) >= 11 is 0. The Bertz CT molecular complexity index is 1140. The molecule has 0 aromatic heterocycles. The number of benzene rings is 2. The van der Waals surface area contributed by atoms with Gasteiger partial charge in [0.15, 0.2) is 0 Å². The lowest BCUT2D eigenvalue weighted by atomic mass is 9.74. The van der Waals surface area contributed by atoms with E-state index in [9.17, 15) is 23.5 Å². The van der Waals surface area contributed by atoms with Crippen LogP contribution in [0.2, 0.25) is 0 Å². The topological polar surface area (TPSA) is 60.9 Å². The van der Waals surface area contributed by atoms with Crippen molar-refractivity contribution in [1.29, 1.82) is 0 Å². The summed E-state index contributed by atoms with van der Waals surface area (Å²) in [6, 6.07) is 17.2. The number of rotatable bonds is 9. The molecule has 3 aliphatic rings. The maximum absolute atomic E-state index is 14.3. The number of carbonyl (C=O) groups is 2. The lowest BCUT2D eigenvalue weighted by Gasteiger charge is -2.42. The maximum atomic E-state index is 14.3. The van der Waals surface area contributed by atoms with Crippen molar-refractivity contribution in [3.8, 4) is 0 Å². The molecule has 0 spiro atoms. The van der Waals surface area contributed by atoms with Crippen molar-refractivity contribution in [2.24, 2.45) is 5.41 Å². The summed E-state index contributed by atoms with van der Waals surface area (Å²) in [6.45, 7) is 4.22. The minimum absolute atomic E-state index is 0.168. The van der Waals surface area contributed by atoms with E-state index in [1.165, 1.54) is 28.9 Å². The van der Waals surface area contributed by atoms with Crippen LogP contribution in [0.25, 0.3) is 0 Å². The van der Waals surface area contributed by atoms with Gasteiger partial charge in [-0.3, -0.25) is 9.59 Å². The number of likely N-dealkylation sites (tertiary alicyclic amines) is 1. The molecule has 0 unspecified atom stereocenters. The van der Waals surface area contributed by atoms with Crippen molar-refractivity contribution in [1.82, 2.24) is 4.90 Å². The van der Waals surface area contributed by atoms with E-state index in [1.54, 1.807) is 24.3 Å². The van der Waals surface area contributed by atoms with Gasteiger partial charge in [-0.05, 0) is 86.7 Å². The highest BCUT2D eigenvalue weighted by atomic mass is 19.3. The molecular formula is C32H40F2N2O3. The second-order valence-electron chi connectivity index (χ2n) is 12.1. The number of hydrogen-bond acceptors (Lipinski definition) is 3. The first-order chi connectivity index (χ1) is 18.7. The predicted octanol–water partition coefficient (Wildman–Crippen LogP) is 6.84. The van der Waals surface area contributed by atoms with Gasteiger partial charge < -0.3 is 14.9 Å². The summed E-state index contributed by atoms with van der Waals surface area (Å²) in [4.78, 5) is 30.1. The number of halogens is 2. The Kier molecular flexibility index (Phi) is 8.08. The largest absolute Gasteiger partial charge is 0.481 e. The molecule has 2 aromatic rings. The molecule has 1 saturated heterocycles. The highest BCUT2D eigenvalue weighted by molar-refractivity contribution is 5.97. The maximum Gasteiger partial charge on any atom is 0.310 e. The van der Waals surface area contributed by atoms with E-state index in [2.05, 4.69) is 36.1 Å². The zero-order valence-electron chi connectivity index (χ0n) is 22.8. The zero-order chi connectivity index (χ0) is 27.6. The molecule has 2 aromatic carbocycles. The lowest BCUT2D eigenvalue weighted by Crippen LogP contribution is -2.51. The average molecular weight is 539 g/mol. The third-order valence-corrected chi connectivity index (χ3v) is 9.13. The normalized spacial score (nSPS) is 23.6. The second-order valence-corrected chi connectivity index (χ2v) is 12.1. The van der Waals surface area contributed by atoms with E-state index in [0.29, 0.717) is 50.4 Å². The van der Waals surface area contributed by atoms with Crippen molar-refractivity contribution in [3.05, 3.63) is 65.7 Å². The van der Waals surface area contributed by atoms with Gasteiger partial charge in [-0.15, -0.1) is 0 Å². The van der Waals surface area contributed by atoms with Gasteiger partial charge in [-0.1, -0.05) is 49.4 Å². The number of amides is 1. The van der Waals surface area contributed by atoms with Crippen LogP contribution in [0.5, 0.6) is 0 Å². The minimum Gasteiger partial charge on any atom is -0.481 e. The first-order valence-electron chi connectivity index (χ1n) is 14.5. The number of piperidine rings is 1. The van der Waals surface area contributed by atoms with E-state index in [0.717, 1.165) is 12.5 Å². The van der Waals surface area contributed by atoms with E-state index < -0.39 is 23.3 Å². The van der Waals surface area contributed by atoms with Crippen LogP contribution in [-0.2, 0) is 9.59 Å². The Balaban J connectivity index is 1.25. The van der Waals surface area contributed by atoms with E-state index in [4.69, 9.17) is 0 Å². The number of carboxylic acid groups (broad SMARTS) is 1. The molecule has 5 nitrogen and oxygen atoms in total. The molecule has 39 heavy (non-hydrogen) atoms. The molecular weight excluding hydrogens is 498 g/mol. The molecule has 2 saturated carbocycles. The Morgan fingerprint density at radius 2 is 1.67 bits per heavy atom. The van der Waals surface area contributed by atoms with Crippen LogP contribution in [0.1, 0.15) is 87.7 Å². The number of aliphatic carboxylic acids is 1. The molecule has 210 valence electrons. The third-order valence-electron chi connectivity index (χ3n) is 9.13. The van der Waals surface area contributed by atoms with Gasteiger partial charge in [0.1, 0.15) is 0 Å². The third kappa shape index (κ3) is 6.51. The van der Waals surface area contributed by atoms with Gasteiger partial charge in [-0.2, -0.15) is 0 Å². The van der Waals surface area contributed by atoms with Crippen molar-refractivity contribution >= 4 is 17.6 Å². The van der Waals surface area contributed by atoms with Gasteiger partial charge in [0.25, 0.3) is 0 Å². The molecule has 3 fully saturated rings. The van der Waals surface area contributed by atoms with Crippen LogP contribution in [0.15, 0.2) is 54.6 Å². The van der Waals surface area contributed by atoms with E-state index >= 15 is 0 Å². The summed E-state index contributed by atoms with van der Waals surface area (Å²) in [5, 5.41) is 10.3. The summed E-state index contributed by atoms with van der Waals surface area (Å²) < 4.78 is 28.7. The Morgan fingerprint density at radius 3 is 2.26 bits per heavy atom. The lowest BCUT2D eigenvalue weighted by molar-refractivity contribution is -0.155. The number of nitrogens with zero attached hydrogens (tertiary/aromatic N) is 2. The first-order valence-corrected chi connectivity index (χ1v) is 14.5. The standard InChI is InChI=1S/C32H40F2N2O3/c1-23(24-9-11-25(12-10-24)26-13-14-26)22-35-18-16-31(17-19-35,30(38)39)21-29(37)36(27-6-3-2-4-7-27)28-8-5-15-32(33,34)20-28/h2-4,6-7,9-12,23,26,28H,5,8,13-22H2,1H3,(H,38,39)/t23-,28+/m0/s1. The summed E-state index contributed by atoms with van der Waals surface area (Å²) in [7, 11) is 0. The van der Waals surface area contributed by atoms with E-state index in [1.807, 2.05) is 6.07 Å². The van der Waals surface area contributed by atoms with Crippen molar-refractivity contribution < 1.29 is 23.5 Å². The van der Waals surface area contributed by atoms with Gasteiger partial charge in [0, 0.05) is 37.5 Å². The summed E-state index contributed by atoms with van der Waals surface area (Å²) in [5.74, 6) is -3.11. The number of carbonyl (C=O) groups excluding carboxylic acids is 1. The van der Waals surface area contributed by atoms with Crippen molar-refractivity contribution in [2.45, 2.75) is 88.5 Å². The Hall–Kier alpha value is -2.80. The molecule has 0 bridgehead atoms. The average Bonchev–Trinajstić information content (AvgIpc) is 3.76. The number of hydrogen-bond donors (Lipinski definition) is 1. The monoisotopic (exact) mass is 538 g/mol. The molecule has 5 rings (SSSR count). The second kappa shape index (κ2) is 11.4. The Labute approximate surface area is 230 Å². The van der Waals surface area contributed by atoms with Crippen molar-refractivity contribution in [3.63, 3.8) is 0 Å². The fraction of sp³-hybridized carbons (Fsp3) is 0.562.